The molecule has 1 saturated heterocycles. The number of halogens is 1. The maximum Gasteiger partial charge on any atom is 0.330 e. The molecule has 0 spiro atoms. The minimum atomic E-state index is -1.24. The lowest BCUT2D eigenvalue weighted by atomic mass is 9.78. The number of alkyl halides is 1. The van der Waals surface area contributed by atoms with Gasteiger partial charge in [0.1, 0.15) is 12.2 Å². The van der Waals surface area contributed by atoms with E-state index in [2.05, 4.69) is 11.3 Å². The summed E-state index contributed by atoms with van der Waals surface area (Å²) in [5, 5.41) is 0. The molecule has 0 aromatic carbocycles. The zero-order chi connectivity index (χ0) is 14.4. The third kappa shape index (κ3) is 1.65. The van der Waals surface area contributed by atoms with Crippen LogP contribution in [0, 0.1) is 23.7 Å². The van der Waals surface area contributed by atoms with Crippen LogP contribution in [0.3, 0.4) is 0 Å². The topological polar surface area (TPSA) is 78.9 Å². The van der Waals surface area contributed by atoms with E-state index in [4.69, 9.17) is 9.47 Å². The molecule has 0 aromatic heterocycles. The Kier molecular flexibility index (Phi) is 2.99. The van der Waals surface area contributed by atoms with E-state index >= 15 is 0 Å². The maximum absolute atomic E-state index is 12.2. The van der Waals surface area contributed by atoms with Gasteiger partial charge >= 0.3 is 17.9 Å². The van der Waals surface area contributed by atoms with Gasteiger partial charge in [-0.05, 0) is 6.42 Å². The molecule has 1 heterocycles. The third-order valence-corrected chi connectivity index (χ3v) is 4.43. The summed E-state index contributed by atoms with van der Waals surface area (Å²) in [7, 11) is 0. The minimum Gasteiger partial charge on any atom is -0.458 e. The van der Waals surface area contributed by atoms with Gasteiger partial charge < -0.3 is 14.2 Å². The second-order valence-electron chi connectivity index (χ2n) is 5.19. The molecule has 7 heteroatoms. The molecule has 6 unspecified atom stereocenters. The van der Waals surface area contributed by atoms with E-state index < -0.39 is 48.8 Å². The molecule has 3 aliphatic rings. The first-order chi connectivity index (χ1) is 9.58. The van der Waals surface area contributed by atoms with Gasteiger partial charge in [-0.25, -0.2) is 9.18 Å². The van der Waals surface area contributed by atoms with Gasteiger partial charge in [-0.15, -0.1) is 0 Å². The fourth-order valence-corrected chi connectivity index (χ4v) is 3.80. The fourth-order valence-electron chi connectivity index (χ4n) is 3.80. The number of carbonyl (C=O) groups excluding carboxylic acids is 3. The fraction of sp³-hybridized carbons (Fsp3) is 0.615. The van der Waals surface area contributed by atoms with E-state index in [1.165, 1.54) is 0 Å². The first-order valence-corrected chi connectivity index (χ1v) is 6.34. The minimum absolute atomic E-state index is 0.174. The molecular weight excluding hydrogens is 271 g/mol. The van der Waals surface area contributed by atoms with Crippen LogP contribution in [0.25, 0.3) is 0 Å². The molecule has 2 aliphatic carbocycles. The highest BCUT2D eigenvalue weighted by Crippen LogP contribution is 2.58. The van der Waals surface area contributed by atoms with Gasteiger partial charge in [0.25, 0.3) is 0 Å². The lowest BCUT2D eigenvalue weighted by molar-refractivity contribution is -0.164. The smallest absolute Gasteiger partial charge is 0.330 e. The number of hydrogen-bond donors (Lipinski definition) is 0. The summed E-state index contributed by atoms with van der Waals surface area (Å²) >= 11 is 0. The first kappa shape index (κ1) is 13.1. The number of fused-ring (bicyclic) bond motifs is 1. The molecule has 108 valence electrons. The van der Waals surface area contributed by atoms with Gasteiger partial charge in [-0.3, -0.25) is 9.59 Å². The first-order valence-electron chi connectivity index (χ1n) is 6.34. The van der Waals surface area contributed by atoms with Crippen molar-refractivity contribution in [3.63, 3.8) is 0 Å². The van der Waals surface area contributed by atoms with Gasteiger partial charge in [-0.1, -0.05) is 6.58 Å². The second-order valence-corrected chi connectivity index (χ2v) is 5.19. The Balaban J connectivity index is 1.86. The number of carbonyl (C=O) groups is 3. The van der Waals surface area contributed by atoms with Crippen molar-refractivity contribution >= 4 is 17.9 Å². The summed E-state index contributed by atoms with van der Waals surface area (Å²) in [4.78, 5) is 35.0. The van der Waals surface area contributed by atoms with Crippen LogP contribution in [0.5, 0.6) is 0 Å². The normalized spacial score (nSPS) is 40.4. The van der Waals surface area contributed by atoms with E-state index in [9.17, 15) is 18.8 Å². The average molecular weight is 284 g/mol. The van der Waals surface area contributed by atoms with Crippen molar-refractivity contribution in [2.75, 3.05) is 6.86 Å². The molecule has 20 heavy (non-hydrogen) atoms. The predicted octanol–water partition coefficient (Wildman–Crippen LogP) is 0.362. The quantitative estimate of drug-likeness (QED) is 0.421. The van der Waals surface area contributed by atoms with Crippen LogP contribution in [-0.2, 0) is 28.6 Å². The van der Waals surface area contributed by atoms with E-state index in [0.29, 0.717) is 6.42 Å². The van der Waals surface area contributed by atoms with E-state index in [0.717, 1.165) is 6.08 Å². The summed E-state index contributed by atoms with van der Waals surface area (Å²) in [6, 6.07) is 0. The van der Waals surface area contributed by atoms with Gasteiger partial charge in [-0.2, -0.15) is 0 Å². The summed E-state index contributed by atoms with van der Waals surface area (Å²) < 4.78 is 27.0. The van der Waals surface area contributed by atoms with Gasteiger partial charge in [0, 0.05) is 17.9 Å². The van der Waals surface area contributed by atoms with Crippen molar-refractivity contribution in [1.29, 1.82) is 0 Å². The monoisotopic (exact) mass is 284 g/mol. The molecule has 0 amide bonds. The number of hydrogen-bond acceptors (Lipinski definition) is 6. The van der Waals surface area contributed by atoms with Gasteiger partial charge in [0.05, 0.1) is 11.8 Å². The van der Waals surface area contributed by atoms with Crippen LogP contribution >= 0.6 is 0 Å². The zero-order valence-electron chi connectivity index (χ0n) is 10.5. The highest BCUT2D eigenvalue weighted by atomic mass is 19.1. The molecule has 3 fully saturated rings. The molecular formula is C13H13FO6. The Bertz CT molecular complexity index is 489. The van der Waals surface area contributed by atoms with Gasteiger partial charge in [0.15, 0.2) is 0 Å². The molecule has 0 aromatic rings. The van der Waals surface area contributed by atoms with Crippen LogP contribution in [-0.4, -0.2) is 37.0 Å². The largest absolute Gasteiger partial charge is 0.458 e. The van der Waals surface area contributed by atoms with Crippen molar-refractivity contribution in [2.24, 2.45) is 23.7 Å². The third-order valence-electron chi connectivity index (χ3n) is 4.43. The Hall–Kier alpha value is -1.92. The molecule has 2 saturated carbocycles. The van der Waals surface area contributed by atoms with Crippen molar-refractivity contribution in [1.82, 2.24) is 0 Å². The Morgan fingerprint density at radius 2 is 2.20 bits per heavy atom. The van der Waals surface area contributed by atoms with Crippen molar-refractivity contribution < 1.29 is 33.0 Å². The van der Waals surface area contributed by atoms with E-state index in [-0.39, 0.29) is 11.8 Å². The number of ether oxygens (including phenoxy) is 3. The highest BCUT2D eigenvalue weighted by molar-refractivity contribution is 5.86. The van der Waals surface area contributed by atoms with Crippen LogP contribution < -0.4 is 0 Å². The maximum atomic E-state index is 12.2. The van der Waals surface area contributed by atoms with Crippen LogP contribution in [0.1, 0.15) is 6.42 Å². The molecule has 1 aliphatic heterocycles. The molecule has 6 atom stereocenters. The lowest BCUT2D eigenvalue weighted by Gasteiger charge is -2.29. The lowest BCUT2D eigenvalue weighted by Crippen LogP contribution is -2.43. The Morgan fingerprint density at radius 3 is 2.85 bits per heavy atom. The summed E-state index contributed by atoms with van der Waals surface area (Å²) in [5.41, 5.74) is 0. The second kappa shape index (κ2) is 4.57. The Morgan fingerprint density at radius 1 is 1.45 bits per heavy atom. The summed E-state index contributed by atoms with van der Waals surface area (Å²) in [6.45, 7) is 2.06. The van der Waals surface area contributed by atoms with Crippen LogP contribution in [0.15, 0.2) is 12.7 Å². The average Bonchev–Trinajstić information content (AvgIpc) is 3.01. The van der Waals surface area contributed by atoms with Crippen molar-refractivity contribution in [2.45, 2.75) is 18.6 Å². The Labute approximate surface area is 113 Å². The van der Waals surface area contributed by atoms with Crippen molar-refractivity contribution in [3.8, 4) is 0 Å². The molecule has 3 rings (SSSR count). The predicted molar refractivity (Wildman–Crippen MR) is 60.6 cm³/mol. The summed E-state index contributed by atoms with van der Waals surface area (Å²) in [5.74, 6) is -3.87. The van der Waals surface area contributed by atoms with Crippen LogP contribution in [0.2, 0.25) is 0 Å². The van der Waals surface area contributed by atoms with Gasteiger partial charge in [0.2, 0.25) is 6.86 Å². The zero-order valence-corrected chi connectivity index (χ0v) is 10.5. The highest BCUT2D eigenvalue weighted by Gasteiger charge is 2.70. The van der Waals surface area contributed by atoms with Crippen molar-refractivity contribution in [3.05, 3.63) is 12.7 Å². The number of esters is 3. The number of rotatable bonds is 4. The van der Waals surface area contributed by atoms with Crippen LogP contribution in [0.4, 0.5) is 4.39 Å². The standard InChI is InChI=1S/C13H13FO6/c1-2-7(15)19-10-5-3-6-9(13(17)20-11(6)10)8(5)12(16)18-4-14/h2,5-6,8-11H,1,3-4H2. The molecule has 0 radical (unpaired) electrons. The molecule has 6 nitrogen and oxygen atoms in total. The van der Waals surface area contributed by atoms with E-state index in [1.54, 1.807) is 0 Å². The van der Waals surface area contributed by atoms with E-state index in [1.807, 2.05) is 0 Å². The SMILES string of the molecule is C=CC(=O)OC1C2CC3C1OC(=O)C3C2C(=O)OCF. The molecule has 0 N–H and O–H groups in total. The summed E-state index contributed by atoms with van der Waals surface area (Å²) in [6.07, 6.45) is 0.332. The molecule has 2 bridgehead atoms.